The van der Waals surface area contributed by atoms with Crippen molar-refractivity contribution in [2.45, 2.75) is 27.3 Å². The Balaban J connectivity index is 1.70. The van der Waals surface area contributed by atoms with Crippen molar-refractivity contribution in [3.05, 3.63) is 75.7 Å². The molecule has 0 saturated carbocycles. The molecule has 0 spiro atoms. The number of fused-ring (bicyclic) bond motifs is 1. The van der Waals surface area contributed by atoms with Gasteiger partial charge in [0, 0.05) is 11.3 Å². The third kappa shape index (κ3) is 3.08. The summed E-state index contributed by atoms with van der Waals surface area (Å²) in [6.07, 6.45) is 2.80. The van der Waals surface area contributed by atoms with Gasteiger partial charge in [0.05, 0.1) is 24.1 Å². The first-order valence-electron chi connectivity index (χ1n) is 9.10. The van der Waals surface area contributed by atoms with Crippen LogP contribution >= 0.6 is 0 Å². The van der Waals surface area contributed by atoms with Crippen molar-refractivity contribution >= 4 is 22.6 Å². The van der Waals surface area contributed by atoms with Crippen LogP contribution in [0.4, 0.5) is 0 Å². The van der Waals surface area contributed by atoms with Crippen molar-refractivity contribution in [3.63, 3.8) is 0 Å². The standard InChI is InChI=1S/C21H19N5O3/c1-12-18(14(3)27)13(2)24-19(12)17(28)10-25-11-22-20-16(21(25)29)9-23-26(20)15-7-5-4-6-8-15/h4-9,11,24H,10H2,1-3H3. The number of hydrogen-bond donors (Lipinski definition) is 1. The number of nitrogens with one attached hydrogen (secondary N) is 1. The fraction of sp³-hybridized carbons (Fsp3) is 0.190. The third-order valence-corrected chi connectivity index (χ3v) is 4.94. The van der Waals surface area contributed by atoms with E-state index in [0.29, 0.717) is 33.5 Å². The molecule has 4 rings (SSSR count). The Morgan fingerprint density at radius 1 is 1.14 bits per heavy atom. The number of H-pyrrole nitrogens is 1. The predicted molar refractivity (Wildman–Crippen MR) is 108 cm³/mol. The minimum absolute atomic E-state index is 0.108. The summed E-state index contributed by atoms with van der Waals surface area (Å²) >= 11 is 0. The minimum Gasteiger partial charge on any atom is -0.355 e. The highest BCUT2D eigenvalue weighted by Crippen LogP contribution is 2.19. The third-order valence-electron chi connectivity index (χ3n) is 4.94. The Morgan fingerprint density at radius 3 is 2.52 bits per heavy atom. The lowest BCUT2D eigenvalue weighted by Gasteiger charge is -2.06. The lowest BCUT2D eigenvalue weighted by molar-refractivity contribution is 0.0965. The number of aromatic nitrogens is 5. The van der Waals surface area contributed by atoms with Gasteiger partial charge >= 0.3 is 0 Å². The number of carbonyl (C=O) groups excluding carboxylic acids is 2. The van der Waals surface area contributed by atoms with E-state index in [-0.39, 0.29) is 23.7 Å². The molecular weight excluding hydrogens is 370 g/mol. The normalized spacial score (nSPS) is 11.1. The fourth-order valence-electron chi connectivity index (χ4n) is 3.61. The molecule has 0 saturated heterocycles. The van der Waals surface area contributed by atoms with Gasteiger partial charge in [0.1, 0.15) is 11.7 Å². The van der Waals surface area contributed by atoms with E-state index in [9.17, 15) is 14.4 Å². The van der Waals surface area contributed by atoms with Crippen LogP contribution in [-0.4, -0.2) is 35.9 Å². The number of nitrogens with zero attached hydrogens (tertiary/aromatic N) is 4. The highest BCUT2D eigenvalue weighted by atomic mass is 16.1. The number of benzene rings is 1. The summed E-state index contributed by atoms with van der Waals surface area (Å²) in [6.45, 7) is 4.75. The zero-order valence-corrected chi connectivity index (χ0v) is 16.3. The molecule has 1 N–H and O–H groups in total. The molecule has 0 aliphatic rings. The van der Waals surface area contributed by atoms with E-state index < -0.39 is 0 Å². The Kier molecular flexibility index (Phi) is 4.46. The molecule has 0 radical (unpaired) electrons. The number of rotatable bonds is 5. The topological polar surface area (TPSA) is 103 Å². The van der Waals surface area contributed by atoms with Crippen LogP contribution in [0.2, 0.25) is 0 Å². The van der Waals surface area contributed by atoms with Crippen LogP contribution in [0.25, 0.3) is 16.7 Å². The number of ketones is 2. The van der Waals surface area contributed by atoms with Crippen molar-refractivity contribution in [3.8, 4) is 5.69 Å². The van der Waals surface area contributed by atoms with Crippen molar-refractivity contribution in [1.29, 1.82) is 0 Å². The Labute approximate surface area is 165 Å². The Hall–Kier alpha value is -3.81. The molecule has 0 unspecified atom stereocenters. The van der Waals surface area contributed by atoms with E-state index in [1.54, 1.807) is 18.5 Å². The van der Waals surface area contributed by atoms with E-state index in [4.69, 9.17) is 0 Å². The summed E-state index contributed by atoms with van der Waals surface area (Å²) in [5.41, 5.74) is 2.95. The quantitative estimate of drug-likeness (QED) is 0.529. The average Bonchev–Trinajstić information content (AvgIpc) is 3.26. The molecule has 8 nitrogen and oxygen atoms in total. The lowest BCUT2D eigenvalue weighted by atomic mass is 10.1. The highest BCUT2D eigenvalue weighted by Gasteiger charge is 2.21. The SMILES string of the molecule is CC(=O)c1c(C)[nH]c(C(=O)Cn2cnc3c(cnn3-c3ccccc3)c2=O)c1C. The van der Waals surface area contributed by atoms with Crippen LogP contribution < -0.4 is 5.56 Å². The van der Waals surface area contributed by atoms with Gasteiger partial charge in [-0.25, -0.2) is 9.67 Å². The Bertz CT molecular complexity index is 1310. The van der Waals surface area contributed by atoms with Crippen molar-refractivity contribution in [1.82, 2.24) is 24.3 Å². The molecule has 0 bridgehead atoms. The van der Waals surface area contributed by atoms with Crippen molar-refractivity contribution in [2.75, 3.05) is 0 Å². The van der Waals surface area contributed by atoms with Gasteiger partial charge in [0.15, 0.2) is 17.2 Å². The molecule has 0 fully saturated rings. The first kappa shape index (κ1) is 18.5. The molecule has 8 heteroatoms. The maximum Gasteiger partial charge on any atom is 0.264 e. The van der Waals surface area contributed by atoms with E-state index in [1.807, 2.05) is 30.3 Å². The van der Waals surface area contributed by atoms with Crippen LogP contribution in [0.15, 0.2) is 47.7 Å². The van der Waals surface area contributed by atoms with Crippen LogP contribution in [0.1, 0.15) is 39.0 Å². The van der Waals surface area contributed by atoms with Gasteiger partial charge < -0.3 is 4.98 Å². The van der Waals surface area contributed by atoms with Crippen LogP contribution in [0.3, 0.4) is 0 Å². The molecule has 0 aliphatic carbocycles. The molecule has 146 valence electrons. The van der Waals surface area contributed by atoms with Crippen molar-refractivity contribution < 1.29 is 9.59 Å². The van der Waals surface area contributed by atoms with Crippen LogP contribution in [0.5, 0.6) is 0 Å². The van der Waals surface area contributed by atoms with Crippen molar-refractivity contribution in [2.24, 2.45) is 0 Å². The molecule has 0 atom stereocenters. The van der Waals surface area contributed by atoms with Gasteiger partial charge in [-0.15, -0.1) is 0 Å². The number of aromatic amines is 1. The van der Waals surface area contributed by atoms with Crippen LogP contribution in [0, 0.1) is 13.8 Å². The summed E-state index contributed by atoms with van der Waals surface area (Å²) in [5, 5.41) is 4.59. The number of hydrogen-bond acceptors (Lipinski definition) is 5. The molecule has 3 aromatic heterocycles. The lowest BCUT2D eigenvalue weighted by Crippen LogP contribution is -2.25. The fourth-order valence-corrected chi connectivity index (χ4v) is 3.61. The second kappa shape index (κ2) is 6.97. The minimum atomic E-state index is -0.349. The molecular formula is C21H19N5O3. The monoisotopic (exact) mass is 389 g/mol. The summed E-state index contributed by atoms with van der Waals surface area (Å²) in [4.78, 5) is 44.8. The molecule has 29 heavy (non-hydrogen) atoms. The molecule has 0 amide bonds. The van der Waals surface area contributed by atoms with Gasteiger partial charge in [-0.2, -0.15) is 5.10 Å². The van der Waals surface area contributed by atoms with E-state index in [0.717, 1.165) is 5.69 Å². The Morgan fingerprint density at radius 2 is 1.86 bits per heavy atom. The highest BCUT2D eigenvalue weighted by molar-refractivity contribution is 6.03. The maximum atomic E-state index is 12.9. The molecule has 0 aliphatic heterocycles. The smallest absolute Gasteiger partial charge is 0.264 e. The van der Waals surface area contributed by atoms with Gasteiger partial charge in [0.25, 0.3) is 5.56 Å². The number of Topliss-reactive ketones (excluding diaryl/α,β-unsaturated/α-hetero) is 2. The van der Waals surface area contributed by atoms with E-state index >= 15 is 0 Å². The van der Waals surface area contributed by atoms with E-state index in [2.05, 4.69) is 15.1 Å². The number of carbonyl (C=O) groups is 2. The largest absolute Gasteiger partial charge is 0.355 e. The zero-order chi connectivity index (χ0) is 20.7. The van der Waals surface area contributed by atoms with Gasteiger partial charge in [-0.1, -0.05) is 18.2 Å². The van der Waals surface area contributed by atoms with Gasteiger partial charge in [0.2, 0.25) is 0 Å². The summed E-state index contributed by atoms with van der Waals surface area (Å²) in [5.74, 6) is -0.402. The molecule has 4 aromatic rings. The maximum absolute atomic E-state index is 12.9. The van der Waals surface area contributed by atoms with Crippen LogP contribution in [-0.2, 0) is 6.54 Å². The number of aryl methyl sites for hydroxylation is 1. The summed E-state index contributed by atoms with van der Waals surface area (Å²) < 4.78 is 2.84. The first-order chi connectivity index (χ1) is 13.9. The predicted octanol–water partition coefficient (Wildman–Crippen LogP) is 2.61. The average molecular weight is 389 g/mol. The summed E-state index contributed by atoms with van der Waals surface area (Å²) in [7, 11) is 0. The molecule has 1 aromatic carbocycles. The first-order valence-corrected chi connectivity index (χ1v) is 9.10. The zero-order valence-electron chi connectivity index (χ0n) is 16.3. The molecule has 3 heterocycles. The van der Waals surface area contributed by atoms with Gasteiger partial charge in [-0.3, -0.25) is 19.0 Å². The second-order valence-electron chi connectivity index (χ2n) is 6.91. The second-order valence-corrected chi connectivity index (χ2v) is 6.91. The van der Waals surface area contributed by atoms with E-state index in [1.165, 1.54) is 24.0 Å². The number of para-hydroxylation sites is 1. The summed E-state index contributed by atoms with van der Waals surface area (Å²) in [6, 6.07) is 9.37. The van der Waals surface area contributed by atoms with Gasteiger partial charge in [-0.05, 0) is 38.5 Å².